The summed E-state index contributed by atoms with van der Waals surface area (Å²) < 4.78 is 0. The third kappa shape index (κ3) is 1.65. The first-order valence-electron chi connectivity index (χ1n) is 5.03. The second kappa shape index (κ2) is 3.45. The van der Waals surface area contributed by atoms with Gasteiger partial charge in [0.2, 0.25) is 0 Å². The fourth-order valence-electron chi connectivity index (χ4n) is 1.96. The van der Waals surface area contributed by atoms with Gasteiger partial charge in [-0.25, -0.2) is 0 Å². The molecule has 1 N–H and O–H groups in total. The Bertz CT molecular complexity index is 371. The Balaban J connectivity index is 2.28. The summed E-state index contributed by atoms with van der Waals surface area (Å²) in [6, 6.07) is 6.29. The van der Waals surface area contributed by atoms with Gasteiger partial charge >= 0.3 is 0 Å². The van der Waals surface area contributed by atoms with Gasteiger partial charge in [-0.1, -0.05) is 19.1 Å². The average molecular weight is 189 g/mol. The van der Waals surface area contributed by atoms with Gasteiger partial charge in [0.25, 0.3) is 0 Å². The lowest BCUT2D eigenvalue weighted by Crippen LogP contribution is -1.97. The van der Waals surface area contributed by atoms with Crippen LogP contribution in [-0.2, 0) is 11.2 Å². The van der Waals surface area contributed by atoms with E-state index >= 15 is 0 Å². The van der Waals surface area contributed by atoms with Crippen LogP contribution in [0.15, 0.2) is 18.2 Å². The van der Waals surface area contributed by atoms with Gasteiger partial charge < -0.3 is 5.32 Å². The molecule has 0 aromatic heterocycles. The summed E-state index contributed by atoms with van der Waals surface area (Å²) in [5.41, 5.74) is 3.69. The number of rotatable bonds is 2. The van der Waals surface area contributed by atoms with Crippen LogP contribution in [0, 0.1) is 0 Å². The lowest BCUT2D eigenvalue weighted by atomic mass is 10.0. The van der Waals surface area contributed by atoms with Crippen LogP contribution < -0.4 is 5.32 Å². The zero-order valence-corrected chi connectivity index (χ0v) is 8.63. The summed E-state index contributed by atoms with van der Waals surface area (Å²) >= 11 is 0. The number of carbonyl (C=O) groups excluding carboxylic acids is 1. The van der Waals surface area contributed by atoms with Crippen molar-refractivity contribution >= 4 is 11.5 Å². The van der Waals surface area contributed by atoms with Crippen LogP contribution in [0.5, 0.6) is 0 Å². The molecule has 74 valence electrons. The number of carbonyl (C=O) groups is 1. The van der Waals surface area contributed by atoms with Gasteiger partial charge in [-0.3, -0.25) is 4.79 Å². The molecule has 0 bridgehead atoms. The van der Waals surface area contributed by atoms with Gasteiger partial charge in [0.15, 0.2) is 0 Å². The van der Waals surface area contributed by atoms with Gasteiger partial charge in [-0.15, -0.1) is 0 Å². The molecule has 1 atom stereocenters. The van der Waals surface area contributed by atoms with Crippen molar-refractivity contribution in [2.45, 2.75) is 26.2 Å². The Hall–Kier alpha value is -1.31. The number of fused-ring (bicyclic) bond motifs is 1. The molecule has 2 nitrogen and oxygen atoms in total. The number of Topliss-reactive ketones (excluding diaryl/α,β-unsaturated/α-hetero) is 1. The molecule has 0 amide bonds. The van der Waals surface area contributed by atoms with Crippen LogP contribution in [0.4, 0.5) is 5.69 Å². The van der Waals surface area contributed by atoms with Crippen molar-refractivity contribution in [2.75, 3.05) is 11.9 Å². The maximum Gasteiger partial charge on any atom is 0.134 e. The third-order valence-electron chi connectivity index (χ3n) is 2.70. The molecule has 0 fully saturated rings. The van der Waals surface area contributed by atoms with Gasteiger partial charge in [0.1, 0.15) is 5.78 Å². The number of nitrogens with one attached hydrogen (secondary N) is 1. The van der Waals surface area contributed by atoms with E-state index in [1.165, 1.54) is 11.3 Å². The van der Waals surface area contributed by atoms with Crippen LogP contribution in [0.1, 0.15) is 30.9 Å². The predicted octanol–water partition coefficient (Wildman–Crippen LogP) is 2.35. The van der Waals surface area contributed by atoms with E-state index in [2.05, 4.69) is 30.4 Å². The smallest absolute Gasteiger partial charge is 0.134 e. The first-order valence-corrected chi connectivity index (χ1v) is 5.03. The van der Waals surface area contributed by atoms with E-state index in [1.54, 1.807) is 6.92 Å². The van der Waals surface area contributed by atoms with Crippen molar-refractivity contribution in [1.29, 1.82) is 0 Å². The zero-order chi connectivity index (χ0) is 10.1. The van der Waals surface area contributed by atoms with Crippen LogP contribution in [0.25, 0.3) is 0 Å². The summed E-state index contributed by atoms with van der Waals surface area (Å²) in [5, 5.41) is 3.35. The molecule has 0 saturated carbocycles. The fourth-order valence-corrected chi connectivity index (χ4v) is 1.96. The van der Waals surface area contributed by atoms with E-state index in [0.717, 1.165) is 12.1 Å². The monoisotopic (exact) mass is 189 g/mol. The van der Waals surface area contributed by atoms with E-state index in [4.69, 9.17) is 0 Å². The van der Waals surface area contributed by atoms with Crippen LogP contribution >= 0.6 is 0 Å². The largest absolute Gasteiger partial charge is 0.384 e. The quantitative estimate of drug-likeness (QED) is 0.773. The molecule has 0 radical (unpaired) electrons. The first kappa shape index (κ1) is 9.25. The zero-order valence-electron chi connectivity index (χ0n) is 8.63. The highest BCUT2D eigenvalue weighted by Crippen LogP contribution is 2.31. The SMILES string of the molecule is CC(=O)Cc1ccc2c(c1)NCC2C. The molecular weight excluding hydrogens is 174 g/mol. The molecule has 1 unspecified atom stereocenters. The van der Waals surface area contributed by atoms with Crippen molar-refractivity contribution in [3.8, 4) is 0 Å². The highest BCUT2D eigenvalue weighted by Gasteiger charge is 2.17. The van der Waals surface area contributed by atoms with Gasteiger partial charge in [-0.2, -0.15) is 0 Å². The summed E-state index contributed by atoms with van der Waals surface area (Å²) in [7, 11) is 0. The van der Waals surface area contributed by atoms with Crippen molar-refractivity contribution in [2.24, 2.45) is 0 Å². The molecule has 1 aliphatic heterocycles. The number of benzene rings is 1. The van der Waals surface area contributed by atoms with Gasteiger partial charge in [0.05, 0.1) is 0 Å². The van der Waals surface area contributed by atoms with Crippen molar-refractivity contribution in [1.82, 2.24) is 0 Å². The second-order valence-corrected chi connectivity index (χ2v) is 4.08. The van der Waals surface area contributed by atoms with Crippen LogP contribution in [-0.4, -0.2) is 12.3 Å². The minimum Gasteiger partial charge on any atom is -0.384 e. The van der Waals surface area contributed by atoms with Crippen molar-refractivity contribution in [3.63, 3.8) is 0 Å². The fraction of sp³-hybridized carbons (Fsp3) is 0.417. The Morgan fingerprint density at radius 2 is 2.36 bits per heavy atom. The molecular formula is C12H15NO. The maximum absolute atomic E-state index is 11.0. The van der Waals surface area contributed by atoms with Crippen molar-refractivity contribution < 1.29 is 4.79 Å². The maximum atomic E-state index is 11.0. The Labute approximate surface area is 84.3 Å². The number of hydrogen-bond acceptors (Lipinski definition) is 2. The number of ketones is 1. The van der Waals surface area contributed by atoms with Gasteiger partial charge in [0, 0.05) is 24.6 Å². The number of anilines is 1. The van der Waals surface area contributed by atoms with E-state index in [1.807, 2.05) is 0 Å². The molecule has 1 aromatic rings. The molecule has 1 aromatic carbocycles. The van der Waals surface area contributed by atoms with Crippen LogP contribution in [0.3, 0.4) is 0 Å². The van der Waals surface area contributed by atoms with Crippen molar-refractivity contribution in [3.05, 3.63) is 29.3 Å². The molecule has 2 rings (SSSR count). The highest BCUT2D eigenvalue weighted by atomic mass is 16.1. The lowest BCUT2D eigenvalue weighted by Gasteiger charge is -2.04. The molecule has 0 saturated heterocycles. The standard InChI is InChI=1S/C12H15NO/c1-8-7-13-12-6-10(5-9(2)14)3-4-11(8)12/h3-4,6,8,13H,5,7H2,1-2H3. The molecule has 2 heteroatoms. The van der Waals surface area contributed by atoms with Crippen LogP contribution in [0.2, 0.25) is 0 Å². The summed E-state index contributed by atoms with van der Waals surface area (Å²) in [6.07, 6.45) is 0.545. The van der Waals surface area contributed by atoms with E-state index in [9.17, 15) is 4.79 Å². The van der Waals surface area contributed by atoms with E-state index in [-0.39, 0.29) is 5.78 Å². The lowest BCUT2D eigenvalue weighted by molar-refractivity contribution is -0.116. The summed E-state index contributed by atoms with van der Waals surface area (Å²) in [5.74, 6) is 0.812. The highest BCUT2D eigenvalue weighted by molar-refractivity contribution is 5.78. The predicted molar refractivity (Wildman–Crippen MR) is 57.7 cm³/mol. The molecule has 0 aliphatic carbocycles. The Morgan fingerprint density at radius 1 is 1.57 bits per heavy atom. The minimum atomic E-state index is 0.219. The molecule has 14 heavy (non-hydrogen) atoms. The first-order chi connectivity index (χ1) is 6.66. The summed E-state index contributed by atoms with van der Waals surface area (Å²) in [4.78, 5) is 11.0. The molecule has 1 heterocycles. The summed E-state index contributed by atoms with van der Waals surface area (Å²) in [6.45, 7) is 4.85. The van der Waals surface area contributed by atoms with E-state index < -0.39 is 0 Å². The average Bonchev–Trinajstić information content (AvgIpc) is 2.46. The molecule has 1 aliphatic rings. The third-order valence-corrected chi connectivity index (χ3v) is 2.70. The topological polar surface area (TPSA) is 29.1 Å². The Morgan fingerprint density at radius 3 is 3.07 bits per heavy atom. The molecule has 0 spiro atoms. The Kier molecular flexibility index (Phi) is 2.28. The number of hydrogen-bond donors (Lipinski definition) is 1. The van der Waals surface area contributed by atoms with Gasteiger partial charge in [-0.05, 0) is 24.1 Å². The normalized spacial score (nSPS) is 18.9. The van der Waals surface area contributed by atoms with E-state index in [0.29, 0.717) is 12.3 Å². The minimum absolute atomic E-state index is 0.219. The second-order valence-electron chi connectivity index (χ2n) is 4.08.